The summed E-state index contributed by atoms with van der Waals surface area (Å²) >= 11 is 0. The lowest BCUT2D eigenvalue weighted by atomic mass is 10.1. The van der Waals surface area contributed by atoms with Crippen LogP contribution in [0, 0.1) is 0 Å². The Morgan fingerprint density at radius 2 is 2.29 bits per heavy atom. The second kappa shape index (κ2) is 4.63. The van der Waals surface area contributed by atoms with Gasteiger partial charge in [0.2, 0.25) is 0 Å². The van der Waals surface area contributed by atoms with Gasteiger partial charge in [-0.15, -0.1) is 0 Å². The summed E-state index contributed by atoms with van der Waals surface area (Å²) in [7, 11) is 1.71. The van der Waals surface area contributed by atoms with Crippen LogP contribution >= 0.6 is 0 Å². The largest absolute Gasteiger partial charge is 0.398 e. The third-order valence-electron chi connectivity index (χ3n) is 3.15. The van der Waals surface area contributed by atoms with Crippen LogP contribution in [0.1, 0.15) is 16.8 Å². The molecular weight excluding hydrogens is 218 g/mol. The van der Waals surface area contributed by atoms with Crippen LogP contribution < -0.4 is 16.4 Å². The number of amides is 1. The Hall–Kier alpha value is -1.75. The van der Waals surface area contributed by atoms with Crippen LogP contribution in [0.15, 0.2) is 18.2 Å². The minimum Gasteiger partial charge on any atom is -0.398 e. The Kier molecular flexibility index (Phi) is 3.19. The Labute approximate surface area is 100 Å². The molecule has 1 heterocycles. The highest BCUT2D eigenvalue weighted by molar-refractivity contribution is 5.99. The number of rotatable bonds is 3. The predicted molar refractivity (Wildman–Crippen MR) is 67.0 cm³/mol. The molecule has 92 valence electrons. The van der Waals surface area contributed by atoms with Crippen LogP contribution in [0.25, 0.3) is 0 Å². The number of nitrogens with two attached hydrogens (primary N) is 2. The van der Waals surface area contributed by atoms with E-state index >= 15 is 0 Å². The highest BCUT2D eigenvalue weighted by Gasteiger charge is 2.22. The molecule has 2 rings (SSSR count). The van der Waals surface area contributed by atoms with Gasteiger partial charge in [0, 0.05) is 31.6 Å². The fourth-order valence-electron chi connectivity index (χ4n) is 2.11. The van der Waals surface area contributed by atoms with E-state index in [1.54, 1.807) is 19.2 Å². The lowest BCUT2D eigenvalue weighted by molar-refractivity contribution is 0.100. The maximum Gasteiger partial charge on any atom is 0.250 e. The molecule has 1 aliphatic heterocycles. The second-order valence-electron chi connectivity index (χ2n) is 4.23. The maximum atomic E-state index is 11.2. The molecule has 0 saturated carbocycles. The van der Waals surface area contributed by atoms with E-state index in [1.807, 2.05) is 6.07 Å². The molecule has 17 heavy (non-hydrogen) atoms. The highest BCUT2D eigenvalue weighted by Crippen LogP contribution is 2.25. The third-order valence-corrected chi connectivity index (χ3v) is 3.15. The zero-order chi connectivity index (χ0) is 12.4. The van der Waals surface area contributed by atoms with Crippen LogP contribution in [0.3, 0.4) is 0 Å². The number of anilines is 2. The van der Waals surface area contributed by atoms with Crippen molar-refractivity contribution < 1.29 is 9.53 Å². The van der Waals surface area contributed by atoms with E-state index in [2.05, 4.69) is 4.90 Å². The molecule has 1 atom stereocenters. The number of ether oxygens (including phenoxy) is 1. The molecular formula is C12H17N3O2. The van der Waals surface area contributed by atoms with E-state index < -0.39 is 5.91 Å². The summed E-state index contributed by atoms with van der Waals surface area (Å²) in [5.74, 6) is -0.494. The SMILES string of the molecule is COC1CCN(c2ccc(N)c(C(N)=O)c2)C1. The van der Waals surface area contributed by atoms with Crippen molar-refractivity contribution in [1.29, 1.82) is 0 Å². The number of hydrogen-bond acceptors (Lipinski definition) is 4. The van der Waals surface area contributed by atoms with E-state index in [9.17, 15) is 4.79 Å². The van der Waals surface area contributed by atoms with E-state index in [-0.39, 0.29) is 6.10 Å². The molecule has 0 spiro atoms. The molecule has 4 N–H and O–H groups in total. The first-order chi connectivity index (χ1) is 8.11. The molecule has 1 saturated heterocycles. The fraction of sp³-hybridized carbons (Fsp3) is 0.417. The molecule has 5 heteroatoms. The number of benzene rings is 1. The molecule has 0 aliphatic carbocycles. The van der Waals surface area contributed by atoms with Crippen LogP contribution in [-0.4, -0.2) is 32.2 Å². The summed E-state index contributed by atoms with van der Waals surface area (Å²) in [5, 5.41) is 0. The molecule has 0 radical (unpaired) electrons. The van der Waals surface area contributed by atoms with Gasteiger partial charge in [-0.2, -0.15) is 0 Å². The normalized spacial score (nSPS) is 19.6. The van der Waals surface area contributed by atoms with Gasteiger partial charge in [-0.05, 0) is 24.6 Å². The van der Waals surface area contributed by atoms with Gasteiger partial charge < -0.3 is 21.1 Å². The first-order valence-electron chi connectivity index (χ1n) is 5.59. The molecule has 0 aromatic heterocycles. The molecule has 1 aromatic rings. The lowest BCUT2D eigenvalue weighted by Crippen LogP contribution is -2.23. The number of carbonyl (C=O) groups excluding carboxylic acids is 1. The Morgan fingerprint density at radius 1 is 1.53 bits per heavy atom. The Bertz CT molecular complexity index is 434. The first kappa shape index (κ1) is 11.7. The summed E-state index contributed by atoms with van der Waals surface area (Å²) in [5.41, 5.74) is 12.7. The van der Waals surface area contributed by atoms with Gasteiger partial charge in [0.25, 0.3) is 5.91 Å². The minimum atomic E-state index is -0.494. The van der Waals surface area contributed by atoms with Gasteiger partial charge >= 0.3 is 0 Å². The Morgan fingerprint density at radius 3 is 2.88 bits per heavy atom. The number of nitrogens with zero attached hydrogens (tertiary/aromatic N) is 1. The third kappa shape index (κ3) is 2.34. The van der Waals surface area contributed by atoms with E-state index in [0.29, 0.717) is 11.3 Å². The average Bonchev–Trinajstić information content (AvgIpc) is 2.78. The van der Waals surface area contributed by atoms with Crippen molar-refractivity contribution in [1.82, 2.24) is 0 Å². The number of carbonyl (C=O) groups is 1. The summed E-state index contributed by atoms with van der Waals surface area (Å²) in [6.07, 6.45) is 1.25. The molecule has 5 nitrogen and oxygen atoms in total. The molecule has 1 unspecified atom stereocenters. The summed E-state index contributed by atoms with van der Waals surface area (Å²) in [6.45, 7) is 1.75. The zero-order valence-corrected chi connectivity index (χ0v) is 9.85. The van der Waals surface area contributed by atoms with E-state index in [0.717, 1.165) is 25.2 Å². The molecule has 1 fully saturated rings. The smallest absolute Gasteiger partial charge is 0.250 e. The van der Waals surface area contributed by atoms with Gasteiger partial charge in [0.05, 0.1) is 11.7 Å². The predicted octanol–water partition coefficient (Wildman–Crippen LogP) is 0.593. The van der Waals surface area contributed by atoms with E-state index in [4.69, 9.17) is 16.2 Å². The number of primary amides is 1. The standard InChI is InChI=1S/C12H17N3O2/c1-17-9-4-5-15(7-9)8-2-3-11(13)10(6-8)12(14)16/h2-3,6,9H,4-5,7,13H2,1H3,(H2,14,16). The average molecular weight is 235 g/mol. The van der Waals surface area contributed by atoms with Crippen molar-refractivity contribution in [3.8, 4) is 0 Å². The number of nitrogen functional groups attached to an aromatic ring is 1. The van der Waals surface area contributed by atoms with E-state index in [1.165, 1.54) is 0 Å². The monoisotopic (exact) mass is 235 g/mol. The topological polar surface area (TPSA) is 81.6 Å². The van der Waals surface area contributed by atoms with Gasteiger partial charge in [-0.1, -0.05) is 0 Å². The van der Waals surface area contributed by atoms with Crippen LogP contribution in [-0.2, 0) is 4.74 Å². The zero-order valence-electron chi connectivity index (χ0n) is 9.85. The van der Waals surface area contributed by atoms with Gasteiger partial charge in [-0.25, -0.2) is 0 Å². The summed E-state index contributed by atoms with van der Waals surface area (Å²) in [4.78, 5) is 13.4. The summed E-state index contributed by atoms with van der Waals surface area (Å²) < 4.78 is 5.31. The molecule has 1 aromatic carbocycles. The summed E-state index contributed by atoms with van der Waals surface area (Å²) in [6, 6.07) is 5.37. The van der Waals surface area contributed by atoms with Crippen molar-refractivity contribution in [2.75, 3.05) is 30.8 Å². The maximum absolute atomic E-state index is 11.2. The fourth-order valence-corrected chi connectivity index (χ4v) is 2.11. The van der Waals surface area contributed by atoms with Crippen molar-refractivity contribution in [3.05, 3.63) is 23.8 Å². The quantitative estimate of drug-likeness (QED) is 0.751. The van der Waals surface area contributed by atoms with Crippen LogP contribution in [0.2, 0.25) is 0 Å². The van der Waals surface area contributed by atoms with Crippen molar-refractivity contribution >= 4 is 17.3 Å². The highest BCUT2D eigenvalue weighted by atomic mass is 16.5. The first-order valence-corrected chi connectivity index (χ1v) is 5.59. The van der Waals surface area contributed by atoms with Gasteiger partial charge in [0.1, 0.15) is 0 Å². The molecule has 0 bridgehead atoms. The van der Waals surface area contributed by atoms with Crippen molar-refractivity contribution in [2.45, 2.75) is 12.5 Å². The van der Waals surface area contributed by atoms with Crippen LogP contribution in [0.5, 0.6) is 0 Å². The second-order valence-corrected chi connectivity index (χ2v) is 4.23. The van der Waals surface area contributed by atoms with Gasteiger partial charge in [0.15, 0.2) is 0 Å². The molecule has 1 aliphatic rings. The van der Waals surface area contributed by atoms with Crippen LogP contribution in [0.4, 0.5) is 11.4 Å². The van der Waals surface area contributed by atoms with Crippen molar-refractivity contribution in [2.24, 2.45) is 5.73 Å². The Balaban J connectivity index is 2.22. The lowest BCUT2D eigenvalue weighted by Gasteiger charge is -2.19. The van der Waals surface area contributed by atoms with Gasteiger partial charge in [-0.3, -0.25) is 4.79 Å². The number of methoxy groups -OCH3 is 1. The van der Waals surface area contributed by atoms with Crippen molar-refractivity contribution in [3.63, 3.8) is 0 Å². The minimum absolute atomic E-state index is 0.254. The molecule has 1 amide bonds. The number of hydrogen-bond donors (Lipinski definition) is 2.